The van der Waals surface area contributed by atoms with Crippen LogP contribution in [-0.2, 0) is 4.79 Å². The Balaban J connectivity index is 1.32. The average Bonchev–Trinajstić information content (AvgIpc) is 3.13. The first-order chi connectivity index (χ1) is 13.1. The fourth-order valence-corrected chi connectivity index (χ4v) is 7.49. The summed E-state index contributed by atoms with van der Waals surface area (Å²) in [5.74, 6) is 2.25. The Morgan fingerprint density at radius 2 is 2.19 bits per heavy atom. The Labute approximate surface area is 160 Å². The number of hydrogen-bond donors (Lipinski definition) is 1. The van der Waals surface area contributed by atoms with Gasteiger partial charge in [0.25, 0.3) is 0 Å². The number of fused-ring (bicyclic) bond motifs is 1. The number of amides is 1. The van der Waals surface area contributed by atoms with Gasteiger partial charge in [0.05, 0.1) is 18.7 Å². The van der Waals surface area contributed by atoms with Crippen molar-refractivity contribution in [1.29, 1.82) is 10.5 Å². The number of piperidine rings is 2. The molecule has 4 saturated carbocycles. The number of nitrogens with zero attached hydrogens (tertiary/aromatic N) is 4. The van der Waals surface area contributed by atoms with Gasteiger partial charge in [-0.05, 0) is 56.3 Å². The van der Waals surface area contributed by atoms with Crippen molar-refractivity contribution in [3.8, 4) is 12.1 Å². The highest BCUT2D eigenvalue weighted by molar-refractivity contribution is 5.79. The van der Waals surface area contributed by atoms with Crippen LogP contribution in [-0.4, -0.2) is 53.5 Å². The van der Waals surface area contributed by atoms with E-state index in [1.54, 1.807) is 11.0 Å². The Bertz CT molecular complexity index is 747. The zero-order valence-electron chi connectivity index (χ0n) is 15.7. The fourth-order valence-electron chi connectivity index (χ4n) is 7.49. The molecule has 1 spiro atoms. The molecule has 7 fully saturated rings. The van der Waals surface area contributed by atoms with Crippen molar-refractivity contribution in [2.24, 2.45) is 23.2 Å². The molecule has 3 heterocycles. The van der Waals surface area contributed by atoms with Crippen LogP contribution in [0.15, 0.2) is 12.3 Å². The molecule has 7 atom stereocenters. The predicted molar refractivity (Wildman–Crippen MR) is 98.8 cm³/mol. The summed E-state index contributed by atoms with van der Waals surface area (Å²) in [6.45, 7) is 2.09. The van der Waals surface area contributed by atoms with Crippen molar-refractivity contribution >= 4 is 5.91 Å². The number of hydrogen-bond acceptors (Lipinski definition) is 5. The summed E-state index contributed by atoms with van der Waals surface area (Å²) in [4.78, 5) is 16.9. The van der Waals surface area contributed by atoms with Crippen LogP contribution in [0.1, 0.15) is 38.5 Å². The second-order valence-corrected chi connectivity index (χ2v) is 9.37. The molecule has 0 aromatic heterocycles. The first-order valence-electron chi connectivity index (χ1n) is 10.4. The van der Waals surface area contributed by atoms with Crippen LogP contribution in [0.5, 0.6) is 0 Å². The maximum Gasteiger partial charge on any atom is 0.237 e. The van der Waals surface area contributed by atoms with Gasteiger partial charge in [0, 0.05) is 42.9 Å². The van der Waals surface area contributed by atoms with Crippen LogP contribution in [0.25, 0.3) is 0 Å². The van der Waals surface area contributed by atoms with E-state index in [0.717, 1.165) is 37.8 Å². The number of rotatable bonds is 4. The van der Waals surface area contributed by atoms with E-state index in [0.29, 0.717) is 24.5 Å². The Kier molecular flexibility index (Phi) is 3.95. The van der Waals surface area contributed by atoms with E-state index >= 15 is 0 Å². The van der Waals surface area contributed by atoms with E-state index < -0.39 is 0 Å². The van der Waals surface area contributed by atoms with Crippen molar-refractivity contribution in [3.63, 3.8) is 0 Å². The van der Waals surface area contributed by atoms with E-state index in [-0.39, 0.29) is 17.4 Å². The number of likely N-dealkylation sites (tertiary alicyclic amines) is 1. The minimum Gasteiger partial charge on any atom is -0.373 e. The fraction of sp³-hybridized carbons (Fsp3) is 0.762. The van der Waals surface area contributed by atoms with Crippen molar-refractivity contribution in [2.75, 3.05) is 19.6 Å². The summed E-state index contributed by atoms with van der Waals surface area (Å²) in [6, 6.07) is 5.09. The maximum absolute atomic E-state index is 12.7. The summed E-state index contributed by atoms with van der Waals surface area (Å²) in [5, 5.41) is 21.9. The number of nitrogens with one attached hydrogen (secondary N) is 1. The quantitative estimate of drug-likeness (QED) is 0.766. The topological polar surface area (TPSA) is 83.2 Å². The van der Waals surface area contributed by atoms with Gasteiger partial charge in [-0.15, -0.1) is 0 Å². The van der Waals surface area contributed by atoms with E-state index in [1.807, 2.05) is 6.20 Å². The van der Waals surface area contributed by atoms with Crippen molar-refractivity contribution in [3.05, 3.63) is 12.3 Å². The second kappa shape index (κ2) is 6.24. The molecule has 1 amide bonds. The lowest BCUT2D eigenvalue weighted by atomic mass is 9.43. The zero-order valence-corrected chi connectivity index (χ0v) is 15.7. The molecule has 6 nitrogen and oxygen atoms in total. The number of carbonyl (C=O) groups excluding carboxylic acids is 1. The van der Waals surface area contributed by atoms with Crippen LogP contribution in [0.4, 0.5) is 0 Å². The second-order valence-electron chi connectivity index (χ2n) is 9.37. The highest BCUT2D eigenvalue weighted by Gasteiger charge is 2.65. The van der Waals surface area contributed by atoms with Crippen LogP contribution < -0.4 is 5.32 Å². The SMILES string of the molecule is N#CC=CN1CC23CC4CC(C2)C1C(C4)C3NCC(=O)N1CCC[C@H]1C#N. The molecule has 0 aromatic rings. The highest BCUT2D eigenvalue weighted by Crippen LogP contribution is 2.64. The van der Waals surface area contributed by atoms with Gasteiger partial charge in [-0.3, -0.25) is 4.79 Å². The lowest BCUT2D eigenvalue weighted by Crippen LogP contribution is -2.76. The van der Waals surface area contributed by atoms with Crippen LogP contribution >= 0.6 is 0 Å². The average molecular weight is 365 g/mol. The minimum absolute atomic E-state index is 0.0846. The van der Waals surface area contributed by atoms with Gasteiger partial charge in [-0.25, -0.2) is 0 Å². The van der Waals surface area contributed by atoms with Gasteiger partial charge < -0.3 is 15.1 Å². The van der Waals surface area contributed by atoms with Gasteiger partial charge in [0.2, 0.25) is 5.91 Å². The van der Waals surface area contributed by atoms with Gasteiger partial charge >= 0.3 is 0 Å². The van der Waals surface area contributed by atoms with Crippen molar-refractivity contribution < 1.29 is 4.79 Å². The maximum atomic E-state index is 12.7. The largest absolute Gasteiger partial charge is 0.373 e. The molecule has 7 aliphatic rings. The lowest BCUT2D eigenvalue weighted by molar-refractivity contribution is -0.187. The molecule has 1 N–H and O–H groups in total. The molecular formula is C21H27N5O. The van der Waals surface area contributed by atoms with Gasteiger partial charge in [-0.2, -0.15) is 10.5 Å². The third-order valence-corrected chi connectivity index (χ3v) is 8.03. The molecule has 6 unspecified atom stereocenters. The Morgan fingerprint density at radius 3 is 2.96 bits per heavy atom. The monoisotopic (exact) mass is 365 g/mol. The minimum atomic E-state index is -0.237. The summed E-state index contributed by atoms with van der Waals surface area (Å²) in [7, 11) is 0. The van der Waals surface area contributed by atoms with Gasteiger partial charge in [-0.1, -0.05) is 0 Å². The first kappa shape index (κ1) is 17.1. The van der Waals surface area contributed by atoms with Gasteiger partial charge in [0.15, 0.2) is 0 Å². The predicted octanol–water partition coefficient (Wildman–Crippen LogP) is 1.62. The summed E-state index contributed by atoms with van der Waals surface area (Å²) in [6.07, 6.45) is 10.5. The highest BCUT2D eigenvalue weighted by atomic mass is 16.2. The molecule has 7 rings (SSSR count). The summed E-state index contributed by atoms with van der Waals surface area (Å²) < 4.78 is 0. The van der Waals surface area contributed by atoms with Crippen LogP contribution in [0.2, 0.25) is 0 Å². The van der Waals surface area contributed by atoms with Gasteiger partial charge in [0.1, 0.15) is 6.04 Å². The van der Waals surface area contributed by atoms with Crippen LogP contribution in [0, 0.1) is 45.8 Å². The van der Waals surface area contributed by atoms with Crippen molar-refractivity contribution in [2.45, 2.75) is 56.7 Å². The Morgan fingerprint density at radius 1 is 1.30 bits per heavy atom. The molecule has 27 heavy (non-hydrogen) atoms. The number of nitriles is 2. The third kappa shape index (κ3) is 2.50. The first-order valence-corrected chi connectivity index (χ1v) is 10.4. The lowest BCUT2D eigenvalue weighted by Gasteiger charge is -2.71. The van der Waals surface area contributed by atoms with E-state index in [1.165, 1.54) is 25.7 Å². The van der Waals surface area contributed by atoms with E-state index in [9.17, 15) is 10.1 Å². The molecule has 3 saturated heterocycles. The smallest absolute Gasteiger partial charge is 0.237 e. The van der Waals surface area contributed by atoms with Crippen LogP contribution in [0.3, 0.4) is 0 Å². The summed E-state index contributed by atoms with van der Waals surface area (Å²) in [5.41, 5.74) is 0.241. The molecular weight excluding hydrogens is 338 g/mol. The van der Waals surface area contributed by atoms with E-state index in [2.05, 4.69) is 22.4 Å². The van der Waals surface area contributed by atoms with E-state index in [4.69, 9.17) is 5.26 Å². The Hall–Kier alpha value is -2.05. The van der Waals surface area contributed by atoms with Crippen molar-refractivity contribution in [1.82, 2.24) is 15.1 Å². The molecule has 4 aliphatic carbocycles. The third-order valence-electron chi connectivity index (χ3n) is 8.03. The number of carbonyl (C=O) groups is 1. The molecule has 142 valence electrons. The standard InChI is InChI=1S/C21H27N5O/c22-4-2-5-25-13-21-9-14-7-15(10-21)19(25)17(8-14)20(21)24-12-18(27)26-6-1-3-16(26)11-23/h2,5,14-17,19-20,24H,1,3,6-10,12-13H2/t14?,15?,16-,17?,19?,20?,21?/m0/s1. The molecule has 3 aliphatic heterocycles. The molecule has 0 aromatic carbocycles. The molecule has 5 bridgehead atoms. The normalized spacial score (nSPS) is 44.1. The molecule has 0 radical (unpaired) electrons. The summed E-state index contributed by atoms with van der Waals surface area (Å²) >= 11 is 0. The zero-order chi connectivity index (χ0) is 18.6. The molecule has 6 heteroatoms. The number of allylic oxidation sites excluding steroid dienone is 1.